The van der Waals surface area contributed by atoms with E-state index in [0.29, 0.717) is 12.8 Å². The van der Waals surface area contributed by atoms with Gasteiger partial charge in [-0.2, -0.15) is 0 Å². The van der Waals surface area contributed by atoms with Crippen LogP contribution >= 0.6 is 7.92 Å². The lowest BCUT2D eigenvalue weighted by molar-refractivity contribution is -0.124. The summed E-state index contributed by atoms with van der Waals surface area (Å²) >= 11 is 0. The van der Waals surface area contributed by atoms with E-state index in [0.717, 1.165) is 38.3 Å². The van der Waals surface area contributed by atoms with Gasteiger partial charge in [0.1, 0.15) is 0 Å². The van der Waals surface area contributed by atoms with E-state index in [2.05, 4.69) is 59.2 Å². The second-order valence-electron chi connectivity index (χ2n) is 7.96. The van der Waals surface area contributed by atoms with Gasteiger partial charge in [-0.3, -0.25) is 9.59 Å². The number of benzene rings is 2. The van der Waals surface area contributed by atoms with E-state index < -0.39 is 7.92 Å². The summed E-state index contributed by atoms with van der Waals surface area (Å²) in [5.74, 6) is 0.191. The van der Waals surface area contributed by atoms with Crippen LogP contribution in [0.2, 0.25) is 0 Å². The third-order valence-corrected chi connectivity index (χ3v) is 8.15. The summed E-state index contributed by atoms with van der Waals surface area (Å²) < 4.78 is 0. The quantitative estimate of drug-likeness (QED) is 0.601. The standard InChI is InChI=1S/C25H33N2O2P/c1-2-11-24(28)26-22-16-9-10-17-23(22)27-25(29)18-19-30(20-12-5-3-6-13-20)21-14-7-4-8-15-21/h3-8,12-15,22-23H,2,9-11,16-19H2,1H3,(H,26,28)(H,27,29)/t22-,23-/m1/s1. The third kappa shape index (κ3) is 6.67. The molecular weight excluding hydrogens is 391 g/mol. The predicted octanol–water partition coefficient (Wildman–Crippen LogP) is 3.85. The Hall–Kier alpha value is -2.19. The average molecular weight is 425 g/mol. The van der Waals surface area contributed by atoms with E-state index in [4.69, 9.17) is 0 Å². The maximum atomic E-state index is 12.8. The monoisotopic (exact) mass is 424 g/mol. The second kappa shape index (κ2) is 11.9. The lowest BCUT2D eigenvalue weighted by Crippen LogP contribution is -2.53. The molecule has 2 aromatic rings. The zero-order chi connectivity index (χ0) is 21.2. The fraction of sp³-hybridized carbons (Fsp3) is 0.440. The first-order valence-corrected chi connectivity index (χ1v) is 12.7. The SMILES string of the molecule is CCCC(=O)N[C@@H]1CCCC[C@H]1NC(=O)CCP(c1ccccc1)c1ccccc1. The molecule has 1 aliphatic carbocycles. The molecule has 30 heavy (non-hydrogen) atoms. The van der Waals surface area contributed by atoms with Crippen molar-refractivity contribution in [1.29, 1.82) is 0 Å². The first-order valence-electron chi connectivity index (χ1n) is 11.1. The Kier molecular flexibility index (Phi) is 8.89. The minimum Gasteiger partial charge on any atom is -0.351 e. The Balaban J connectivity index is 1.60. The number of hydrogen-bond acceptors (Lipinski definition) is 2. The van der Waals surface area contributed by atoms with Gasteiger partial charge in [-0.25, -0.2) is 0 Å². The van der Waals surface area contributed by atoms with E-state index >= 15 is 0 Å². The van der Waals surface area contributed by atoms with Gasteiger partial charge >= 0.3 is 0 Å². The highest BCUT2D eigenvalue weighted by molar-refractivity contribution is 7.73. The van der Waals surface area contributed by atoms with Gasteiger partial charge in [0.05, 0.1) is 0 Å². The van der Waals surface area contributed by atoms with Gasteiger partial charge in [-0.1, -0.05) is 80.4 Å². The van der Waals surface area contributed by atoms with E-state index in [1.165, 1.54) is 10.6 Å². The van der Waals surface area contributed by atoms with Gasteiger partial charge in [-0.15, -0.1) is 0 Å². The molecule has 160 valence electrons. The smallest absolute Gasteiger partial charge is 0.220 e. The highest BCUT2D eigenvalue weighted by Gasteiger charge is 2.27. The third-order valence-electron chi connectivity index (χ3n) is 5.63. The molecule has 1 aliphatic rings. The lowest BCUT2D eigenvalue weighted by Gasteiger charge is -2.33. The molecule has 0 saturated heterocycles. The molecule has 3 rings (SSSR count). The van der Waals surface area contributed by atoms with Crippen LogP contribution in [0, 0.1) is 0 Å². The highest BCUT2D eigenvalue weighted by Crippen LogP contribution is 2.34. The molecule has 2 N–H and O–H groups in total. The van der Waals surface area contributed by atoms with Gasteiger partial charge in [0, 0.05) is 24.9 Å². The molecule has 2 amide bonds. The van der Waals surface area contributed by atoms with Gasteiger partial charge in [0.2, 0.25) is 11.8 Å². The van der Waals surface area contributed by atoms with Crippen LogP contribution in [0.15, 0.2) is 60.7 Å². The average Bonchev–Trinajstić information content (AvgIpc) is 2.77. The number of nitrogens with one attached hydrogen (secondary N) is 2. The summed E-state index contributed by atoms with van der Waals surface area (Å²) in [4.78, 5) is 24.9. The van der Waals surface area contributed by atoms with Crippen LogP contribution < -0.4 is 21.2 Å². The first-order chi connectivity index (χ1) is 14.7. The molecule has 0 bridgehead atoms. The van der Waals surface area contributed by atoms with Crippen molar-refractivity contribution < 1.29 is 9.59 Å². The van der Waals surface area contributed by atoms with Crippen molar-refractivity contribution in [2.75, 3.05) is 6.16 Å². The number of carbonyl (C=O) groups excluding carboxylic acids is 2. The van der Waals surface area contributed by atoms with Crippen LogP contribution in [0.1, 0.15) is 51.9 Å². The summed E-state index contributed by atoms with van der Waals surface area (Å²) in [7, 11) is -0.567. The van der Waals surface area contributed by atoms with Crippen LogP contribution in [0.25, 0.3) is 0 Å². The summed E-state index contributed by atoms with van der Waals surface area (Å²) in [6.45, 7) is 2.01. The molecule has 0 heterocycles. The molecule has 0 unspecified atom stereocenters. The Morgan fingerprint density at radius 3 is 1.73 bits per heavy atom. The maximum Gasteiger partial charge on any atom is 0.220 e. The number of hydrogen-bond donors (Lipinski definition) is 2. The van der Waals surface area contributed by atoms with Crippen LogP contribution in [-0.2, 0) is 9.59 Å². The van der Waals surface area contributed by atoms with E-state index in [1.54, 1.807) is 0 Å². The fourth-order valence-corrected chi connectivity index (χ4v) is 6.40. The molecule has 2 aromatic carbocycles. The summed E-state index contributed by atoms with van der Waals surface area (Å²) in [5.41, 5.74) is 0. The Bertz CT molecular complexity index is 758. The van der Waals surface area contributed by atoms with Crippen molar-refractivity contribution in [2.45, 2.75) is 64.0 Å². The van der Waals surface area contributed by atoms with Crippen LogP contribution in [0.5, 0.6) is 0 Å². The van der Waals surface area contributed by atoms with Gasteiger partial charge in [0.15, 0.2) is 0 Å². The molecule has 0 spiro atoms. The predicted molar refractivity (Wildman–Crippen MR) is 126 cm³/mol. The topological polar surface area (TPSA) is 58.2 Å². The Morgan fingerprint density at radius 2 is 1.27 bits per heavy atom. The maximum absolute atomic E-state index is 12.8. The van der Waals surface area contributed by atoms with Crippen molar-refractivity contribution in [3.63, 3.8) is 0 Å². The number of rotatable bonds is 9. The van der Waals surface area contributed by atoms with Gasteiger partial charge in [-0.05, 0) is 44.0 Å². The molecular formula is C25H33N2O2P. The van der Waals surface area contributed by atoms with Gasteiger partial charge in [0.25, 0.3) is 0 Å². The normalized spacial score (nSPS) is 18.7. The molecule has 0 radical (unpaired) electrons. The molecule has 4 nitrogen and oxygen atoms in total. The van der Waals surface area contributed by atoms with Crippen molar-refractivity contribution in [3.8, 4) is 0 Å². The van der Waals surface area contributed by atoms with Crippen LogP contribution in [0.3, 0.4) is 0 Å². The Morgan fingerprint density at radius 1 is 0.800 bits per heavy atom. The molecule has 0 aliphatic heterocycles. The Labute approximate surface area is 181 Å². The van der Waals surface area contributed by atoms with E-state index in [1.807, 2.05) is 19.1 Å². The zero-order valence-corrected chi connectivity index (χ0v) is 18.7. The van der Waals surface area contributed by atoms with Crippen LogP contribution in [-0.4, -0.2) is 30.1 Å². The summed E-state index contributed by atoms with van der Waals surface area (Å²) in [5, 5.41) is 8.97. The molecule has 5 heteroatoms. The largest absolute Gasteiger partial charge is 0.351 e. The molecule has 2 atom stereocenters. The first kappa shape index (κ1) is 22.5. The fourth-order valence-electron chi connectivity index (χ4n) is 4.10. The number of carbonyl (C=O) groups is 2. The lowest BCUT2D eigenvalue weighted by atomic mass is 9.90. The second-order valence-corrected chi connectivity index (χ2v) is 10.3. The zero-order valence-electron chi connectivity index (χ0n) is 17.8. The molecule has 0 aromatic heterocycles. The summed E-state index contributed by atoms with van der Waals surface area (Å²) in [6.07, 6.45) is 6.82. The van der Waals surface area contributed by atoms with Crippen molar-refractivity contribution in [1.82, 2.24) is 10.6 Å². The van der Waals surface area contributed by atoms with Crippen molar-refractivity contribution in [3.05, 3.63) is 60.7 Å². The van der Waals surface area contributed by atoms with Crippen LogP contribution in [0.4, 0.5) is 0 Å². The van der Waals surface area contributed by atoms with E-state index in [-0.39, 0.29) is 23.9 Å². The highest BCUT2D eigenvalue weighted by atomic mass is 31.1. The molecule has 1 saturated carbocycles. The van der Waals surface area contributed by atoms with Crippen molar-refractivity contribution in [2.24, 2.45) is 0 Å². The minimum atomic E-state index is -0.567. The molecule has 1 fully saturated rings. The minimum absolute atomic E-state index is 0.0479. The summed E-state index contributed by atoms with van der Waals surface area (Å²) in [6, 6.07) is 21.1. The van der Waals surface area contributed by atoms with E-state index in [9.17, 15) is 9.59 Å². The van der Waals surface area contributed by atoms with Crippen molar-refractivity contribution >= 4 is 30.3 Å². The van der Waals surface area contributed by atoms with Gasteiger partial charge < -0.3 is 10.6 Å². The number of amides is 2.